The first-order chi connectivity index (χ1) is 8.90. The molecular weight excluding hydrogens is 226 g/mol. The van der Waals surface area contributed by atoms with Crippen molar-refractivity contribution in [3.63, 3.8) is 0 Å². The molecule has 3 heteroatoms. The van der Waals surface area contributed by atoms with Crippen molar-refractivity contribution in [2.45, 2.75) is 69.9 Å². The van der Waals surface area contributed by atoms with Gasteiger partial charge in [-0.2, -0.15) is 0 Å². The van der Waals surface area contributed by atoms with Gasteiger partial charge in [0.2, 0.25) is 0 Å². The summed E-state index contributed by atoms with van der Waals surface area (Å²) in [4.78, 5) is 0. The van der Waals surface area contributed by atoms with Gasteiger partial charge in [0.05, 0.1) is 6.10 Å². The molecule has 0 aromatic carbocycles. The molecule has 0 radical (unpaired) electrons. The normalized spacial score (nSPS) is 28.2. The van der Waals surface area contributed by atoms with E-state index in [1.54, 1.807) is 0 Å². The molecule has 3 nitrogen and oxygen atoms in total. The molecule has 0 amide bonds. The van der Waals surface area contributed by atoms with Crippen LogP contribution in [0.1, 0.15) is 57.8 Å². The van der Waals surface area contributed by atoms with Gasteiger partial charge in [0.25, 0.3) is 0 Å². The van der Waals surface area contributed by atoms with E-state index in [1.807, 2.05) is 0 Å². The fourth-order valence-corrected chi connectivity index (χ4v) is 3.43. The lowest BCUT2D eigenvalue weighted by Gasteiger charge is -2.32. The lowest BCUT2D eigenvalue weighted by molar-refractivity contribution is 0.0130. The molecule has 0 unspecified atom stereocenters. The SMILES string of the molecule is OCC[C@H](NC[C@@H]1CCCCO1)C1CCCCC1. The molecule has 0 spiro atoms. The van der Waals surface area contributed by atoms with Crippen molar-refractivity contribution in [3.05, 3.63) is 0 Å². The molecule has 106 valence electrons. The van der Waals surface area contributed by atoms with E-state index in [2.05, 4.69) is 5.32 Å². The summed E-state index contributed by atoms with van der Waals surface area (Å²) in [5.41, 5.74) is 0. The predicted octanol–water partition coefficient (Wildman–Crippen LogP) is 2.48. The third-order valence-electron chi connectivity index (χ3n) is 4.54. The molecule has 2 rings (SSSR count). The molecule has 0 aromatic rings. The molecule has 18 heavy (non-hydrogen) atoms. The number of nitrogens with one attached hydrogen (secondary N) is 1. The first kappa shape index (κ1) is 14.3. The largest absolute Gasteiger partial charge is 0.396 e. The summed E-state index contributed by atoms with van der Waals surface area (Å²) in [6.45, 7) is 2.21. The Morgan fingerprint density at radius 1 is 1.06 bits per heavy atom. The van der Waals surface area contributed by atoms with Crippen LogP contribution in [-0.4, -0.2) is 37.0 Å². The van der Waals surface area contributed by atoms with Gasteiger partial charge in [0.15, 0.2) is 0 Å². The molecule has 1 saturated heterocycles. The maximum Gasteiger partial charge on any atom is 0.0699 e. The zero-order chi connectivity index (χ0) is 12.6. The standard InChI is InChI=1S/C15H29NO2/c17-10-9-15(13-6-2-1-3-7-13)16-12-14-8-4-5-11-18-14/h13-17H,1-12H2/t14-,15-/m0/s1. The molecule has 2 atom stereocenters. The molecule has 2 aliphatic rings. The van der Waals surface area contributed by atoms with E-state index >= 15 is 0 Å². The third kappa shape index (κ3) is 4.52. The number of rotatable bonds is 6. The molecule has 1 heterocycles. The van der Waals surface area contributed by atoms with Gasteiger partial charge in [-0.1, -0.05) is 19.3 Å². The van der Waals surface area contributed by atoms with Crippen LogP contribution < -0.4 is 5.32 Å². The van der Waals surface area contributed by atoms with Crippen LogP contribution in [0.3, 0.4) is 0 Å². The predicted molar refractivity (Wildman–Crippen MR) is 73.7 cm³/mol. The van der Waals surface area contributed by atoms with Gasteiger partial charge < -0.3 is 15.2 Å². The van der Waals surface area contributed by atoms with E-state index in [-0.39, 0.29) is 0 Å². The zero-order valence-electron chi connectivity index (χ0n) is 11.6. The third-order valence-corrected chi connectivity index (χ3v) is 4.54. The Hall–Kier alpha value is -0.120. The summed E-state index contributed by atoms with van der Waals surface area (Å²) in [7, 11) is 0. The summed E-state index contributed by atoms with van der Waals surface area (Å²) in [6.07, 6.45) is 11.8. The fraction of sp³-hybridized carbons (Fsp3) is 1.00. The molecule has 1 aliphatic heterocycles. The average Bonchev–Trinajstić information content (AvgIpc) is 2.45. The van der Waals surface area contributed by atoms with Gasteiger partial charge in [-0.15, -0.1) is 0 Å². The highest BCUT2D eigenvalue weighted by molar-refractivity contribution is 4.80. The Morgan fingerprint density at radius 2 is 1.83 bits per heavy atom. The van der Waals surface area contributed by atoms with E-state index in [9.17, 15) is 5.11 Å². The van der Waals surface area contributed by atoms with Crippen molar-refractivity contribution in [1.82, 2.24) is 5.32 Å². The minimum Gasteiger partial charge on any atom is -0.396 e. The second kappa shape index (κ2) is 8.13. The second-order valence-electron chi connectivity index (χ2n) is 5.91. The topological polar surface area (TPSA) is 41.5 Å². The number of aliphatic hydroxyl groups excluding tert-OH is 1. The average molecular weight is 255 g/mol. The van der Waals surface area contributed by atoms with Gasteiger partial charge in [0, 0.05) is 25.8 Å². The van der Waals surface area contributed by atoms with E-state index < -0.39 is 0 Å². The van der Waals surface area contributed by atoms with Crippen LogP contribution in [0.2, 0.25) is 0 Å². The van der Waals surface area contributed by atoms with Crippen molar-refractivity contribution in [2.75, 3.05) is 19.8 Å². The number of aliphatic hydroxyl groups is 1. The highest BCUT2D eigenvalue weighted by atomic mass is 16.5. The van der Waals surface area contributed by atoms with Crippen molar-refractivity contribution < 1.29 is 9.84 Å². The summed E-state index contributed by atoms with van der Waals surface area (Å²) >= 11 is 0. The minimum absolute atomic E-state index is 0.305. The van der Waals surface area contributed by atoms with Crippen LogP contribution in [0.5, 0.6) is 0 Å². The summed E-state index contributed by atoms with van der Waals surface area (Å²) in [6, 6.07) is 0.501. The smallest absolute Gasteiger partial charge is 0.0699 e. The van der Waals surface area contributed by atoms with E-state index in [0.717, 1.165) is 25.5 Å². The van der Waals surface area contributed by atoms with E-state index in [0.29, 0.717) is 18.8 Å². The molecule has 0 aromatic heterocycles. The molecule has 0 bridgehead atoms. The van der Waals surface area contributed by atoms with Gasteiger partial charge in [-0.05, 0) is 44.4 Å². The summed E-state index contributed by atoms with van der Waals surface area (Å²) in [5.74, 6) is 0.773. The summed E-state index contributed by atoms with van der Waals surface area (Å²) in [5, 5.41) is 12.9. The van der Waals surface area contributed by atoms with Gasteiger partial charge in [0.1, 0.15) is 0 Å². The van der Waals surface area contributed by atoms with Crippen LogP contribution in [-0.2, 0) is 4.74 Å². The Kier molecular flexibility index (Phi) is 6.46. The van der Waals surface area contributed by atoms with Crippen molar-refractivity contribution in [1.29, 1.82) is 0 Å². The molecule has 1 saturated carbocycles. The Balaban J connectivity index is 1.73. The maximum atomic E-state index is 9.23. The molecule has 2 fully saturated rings. The Morgan fingerprint density at radius 3 is 2.50 bits per heavy atom. The highest BCUT2D eigenvalue weighted by Crippen LogP contribution is 2.27. The lowest BCUT2D eigenvalue weighted by Crippen LogP contribution is -2.43. The van der Waals surface area contributed by atoms with Crippen molar-refractivity contribution in [2.24, 2.45) is 5.92 Å². The molecular formula is C15H29NO2. The van der Waals surface area contributed by atoms with Crippen LogP contribution in [0.15, 0.2) is 0 Å². The van der Waals surface area contributed by atoms with Gasteiger partial charge >= 0.3 is 0 Å². The molecule has 1 aliphatic carbocycles. The van der Waals surface area contributed by atoms with Gasteiger partial charge in [-0.25, -0.2) is 0 Å². The number of hydrogen-bond donors (Lipinski definition) is 2. The van der Waals surface area contributed by atoms with Gasteiger partial charge in [-0.3, -0.25) is 0 Å². The lowest BCUT2D eigenvalue weighted by atomic mass is 9.82. The van der Waals surface area contributed by atoms with E-state index in [4.69, 9.17) is 4.74 Å². The van der Waals surface area contributed by atoms with Crippen LogP contribution in [0.4, 0.5) is 0 Å². The first-order valence-electron chi connectivity index (χ1n) is 7.86. The Bertz CT molecular complexity index is 211. The second-order valence-corrected chi connectivity index (χ2v) is 5.91. The number of hydrogen-bond acceptors (Lipinski definition) is 3. The highest BCUT2D eigenvalue weighted by Gasteiger charge is 2.24. The monoisotopic (exact) mass is 255 g/mol. The molecule has 2 N–H and O–H groups in total. The quantitative estimate of drug-likeness (QED) is 0.766. The minimum atomic E-state index is 0.305. The zero-order valence-corrected chi connectivity index (χ0v) is 11.6. The van der Waals surface area contributed by atoms with Crippen molar-refractivity contribution in [3.8, 4) is 0 Å². The summed E-state index contributed by atoms with van der Waals surface area (Å²) < 4.78 is 5.77. The fourth-order valence-electron chi connectivity index (χ4n) is 3.43. The van der Waals surface area contributed by atoms with Crippen molar-refractivity contribution >= 4 is 0 Å². The Labute approximate surface area is 111 Å². The first-order valence-corrected chi connectivity index (χ1v) is 7.86. The van der Waals surface area contributed by atoms with Crippen LogP contribution >= 0.6 is 0 Å². The maximum absolute atomic E-state index is 9.23. The van der Waals surface area contributed by atoms with Crippen LogP contribution in [0, 0.1) is 5.92 Å². The number of ether oxygens (including phenoxy) is 1. The van der Waals surface area contributed by atoms with Crippen LogP contribution in [0.25, 0.3) is 0 Å². The van der Waals surface area contributed by atoms with E-state index in [1.165, 1.54) is 51.4 Å².